The monoisotopic (exact) mass is 498 g/mol. The summed E-state index contributed by atoms with van der Waals surface area (Å²) in [6.45, 7) is 2.56. The fraction of sp³-hybridized carbons (Fsp3) is 0.130. The zero-order valence-corrected chi connectivity index (χ0v) is 19.5. The van der Waals surface area contributed by atoms with Crippen molar-refractivity contribution in [2.24, 2.45) is 0 Å². The molecule has 0 aliphatic carbocycles. The van der Waals surface area contributed by atoms with Gasteiger partial charge in [0.1, 0.15) is 10.0 Å². The molecule has 4 aromatic rings. The van der Waals surface area contributed by atoms with E-state index in [0.29, 0.717) is 5.39 Å². The number of urea groups is 1. The first-order valence-corrected chi connectivity index (χ1v) is 12.6. The normalized spacial score (nSPS) is 12.9. The molecule has 3 N–H and O–H groups in total. The number of aryl methyl sites for hydroxylation is 1. The summed E-state index contributed by atoms with van der Waals surface area (Å²) in [5.41, 5.74) is 1.76. The highest BCUT2D eigenvalue weighted by molar-refractivity contribution is 7.92. The number of amides is 2. The smallest absolute Gasteiger partial charge is 0.333 e. The van der Waals surface area contributed by atoms with E-state index in [2.05, 4.69) is 10.6 Å². The summed E-state index contributed by atoms with van der Waals surface area (Å²) in [5, 5.41) is 6.90. The topological polar surface area (TPSA) is 109 Å². The van der Waals surface area contributed by atoms with Crippen molar-refractivity contribution in [3.63, 3.8) is 0 Å². The Hall–Kier alpha value is -3.70. The Bertz CT molecular complexity index is 1630. The third-order valence-electron chi connectivity index (χ3n) is 5.56. The molecule has 2 amide bonds. The minimum Gasteiger partial charge on any atom is -0.384 e. The third kappa shape index (κ3) is 3.93. The molecule has 0 radical (unpaired) electrons. The number of sulfonamides is 1. The van der Waals surface area contributed by atoms with Gasteiger partial charge in [-0.15, -0.1) is 11.3 Å². The van der Waals surface area contributed by atoms with E-state index in [9.17, 15) is 22.4 Å². The van der Waals surface area contributed by atoms with E-state index in [1.807, 2.05) is 10.8 Å². The number of nitrogens with zero attached hydrogens (tertiary/aromatic N) is 1. The molecule has 0 spiro atoms. The van der Waals surface area contributed by atoms with E-state index in [1.165, 1.54) is 29.0 Å². The summed E-state index contributed by atoms with van der Waals surface area (Å²) in [7, 11) is -4.04. The second kappa shape index (κ2) is 8.26. The van der Waals surface area contributed by atoms with Crippen LogP contribution in [0.25, 0.3) is 16.5 Å². The second-order valence-electron chi connectivity index (χ2n) is 7.81. The number of carbonyl (C=O) groups excluding carboxylic acids is 1. The summed E-state index contributed by atoms with van der Waals surface area (Å²) in [5.74, 6) is -0.751. The molecule has 1 aliphatic rings. The number of thiophene rings is 1. The summed E-state index contributed by atoms with van der Waals surface area (Å²) in [6.07, 6.45) is 2.34. The Morgan fingerprint density at radius 2 is 1.94 bits per heavy atom. The van der Waals surface area contributed by atoms with Gasteiger partial charge in [-0.05, 0) is 72.8 Å². The molecule has 0 saturated carbocycles. The molecule has 2 aromatic heterocycles. The number of carbonyl (C=O) groups is 1. The van der Waals surface area contributed by atoms with Crippen molar-refractivity contribution in [1.82, 2.24) is 9.29 Å². The number of benzene rings is 2. The van der Waals surface area contributed by atoms with Gasteiger partial charge in [0.05, 0.1) is 5.69 Å². The molecule has 0 unspecified atom stereocenters. The number of fused-ring (bicyclic) bond motifs is 3. The lowest BCUT2D eigenvalue weighted by Gasteiger charge is -2.12. The Morgan fingerprint density at radius 3 is 2.68 bits per heavy atom. The Morgan fingerprint density at radius 1 is 1.12 bits per heavy atom. The summed E-state index contributed by atoms with van der Waals surface area (Å²) in [4.78, 5) is 26.0. The van der Waals surface area contributed by atoms with Crippen molar-refractivity contribution in [1.29, 1.82) is 0 Å². The fourth-order valence-corrected chi connectivity index (χ4v) is 6.19. The SMILES string of the molecule is Cc1ccc(S(=O)(=O)NC(=O)Nc2ccc(-n3ccc4c5c(ccc4c3=O)NCC5)c(F)c2)s1. The molecule has 0 atom stereocenters. The van der Waals surface area contributed by atoms with Gasteiger partial charge in [-0.25, -0.2) is 22.3 Å². The van der Waals surface area contributed by atoms with Crippen LogP contribution in [-0.2, 0) is 16.4 Å². The van der Waals surface area contributed by atoms with E-state index < -0.39 is 21.9 Å². The molecule has 34 heavy (non-hydrogen) atoms. The zero-order chi connectivity index (χ0) is 24.0. The van der Waals surface area contributed by atoms with Gasteiger partial charge in [0.15, 0.2) is 0 Å². The molecule has 0 bridgehead atoms. The summed E-state index contributed by atoms with van der Waals surface area (Å²) in [6, 6.07) is 11.1. The number of pyridine rings is 1. The third-order valence-corrected chi connectivity index (χ3v) is 8.38. The quantitative estimate of drug-likeness (QED) is 0.394. The molecule has 3 heterocycles. The maximum absolute atomic E-state index is 14.9. The highest BCUT2D eigenvalue weighted by Crippen LogP contribution is 2.29. The number of halogens is 1. The molecular weight excluding hydrogens is 479 g/mol. The largest absolute Gasteiger partial charge is 0.384 e. The van der Waals surface area contributed by atoms with Crippen LogP contribution in [0.4, 0.5) is 20.6 Å². The predicted octanol–water partition coefficient (Wildman–Crippen LogP) is 3.98. The minimum absolute atomic E-state index is 0.00113. The van der Waals surface area contributed by atoms with Crippen LogP contribution in [0, 0.1) is 12.7 Å². The minimum atomic E-state index is -4.04. The van der Waals surface area contributed by atoms with Crippen molar-refractivity contribution in [2.45, 2.75) is 17.6 Å². The second-order valence-corrected chi connectivity index (χ2v) is 11.0. The van der Waals surface area contributed by atoms with Gasteiger partial charge in [-0.1, -0.05) is 0 Å². The molecule has 1 aliphatic heterocycles. The van der Waals surface area contributed by atoms with E-state index >= 15 is 0 Å². The van der Waals surface area contributed by atoms with Crippen molar-refractivity contribution in [3.05, 3.63) is 81.3 Å². The van der Waals surface area contributed by atoms with E-state index in [4.69, 9.17) is 0 Å². The first-order chi connectivity index (χ1) is 16.2. The van der Waals surface area contributed by atoms with Crippen molar-refractivity contribution in [2.75, 3.05) is 17.2 Å². The highest BCUT2D eigenvalue weighted by atomic mass is 32.2. The standard InChI is InChI=1S/C23H19FN4O4S2/c1-13-2-7-21(33-13)34(31,32)27-23(30)26-14-3-6-20(18(24)12-14)28-11-9-15-16-8-10-25-19(16)5-4-17(15)22(28)29/h2-7,9,11-12,25H,8,10H2,1H3,(H2,26,27,30). The van der Waals surface area contributed by atoms with Crippen LogP contribution in [0.15, 0.2) is 63.7 Å². The Labute approximate surface area is 198 Å². The van der Waals surface area contributed by atoms with Crippen molar-refractivity contribution >= 4 is 49.5 Å². The lowest BCUT2D eigenvalue weighted by Crippen LogP contribution is -2.34. The van der Waals surface area contributed by atoms with Crippen LogP contribution in [0.1, 0.15) is 10.4 Å². The zero-order valence-electron chi connectivity index (χ0n) is 17.9. The lowest BCUT2D eigenvalue weighted by atomic mass is 10.0. The number of rotatable bonds is 4. The maximum atomic E-state index is 14.9. The molecule has 2 aromatic carbocycles. The van der Waals surface area contributed by atoms with E-state index in [0.717, 1.165) is 51.9 Å². The molecule has 5 rings (SSSR count). The van der Waals surface area contributed by atoms with Gasteiger partial charge < -0.3 is 10.6 Å². The molecule has 11 heteroatoms. The van der Waals surface area contributed by atoms with Crippen LogP contribution in [-0.4, -0.2) is 25.6 Å². The summed E-state index contributed by atoms with van der Waals surface area (Å²) >= 11 is 1.03. The lowest BCUT2D eigenvalue weighted by molar-refractivity contribution is 0.256. The van der Waals surface area contributed by atoms with Crippen molar-refractivity contribution in [3.8, 4) is 5.69 Å². The number of aromatic nitrogens is 1. The van der Waals surface area contributed by atoms with Crippen LogP contribution in [0.5, 0.6) is 0 Å². The average Bonchev–Trinajstić information content (AvgIpc) is 3.43. The number of anilines is 2. The molecule has 0 fully saturated rings. The number of nitrogens with one attached hydrogen (secondary N) is 3. The maximum Gasteiger partial charge on any atom is 0.333 e. The van der Waals surface area contributed by atoms with Crippen LogP contribution < -0.4 is 20.9 Å². The van der Waals surface area contributed by atoms with Crippen molar-refractivity contribution < 1.29 is 17.6 Å². The van der Waals surface area contributed by atoms with Crippen LogP contribution >= 0.6 is 11.3 Å². The van der Waals surface area contributed by atoms with Crippen LogP contribution in [0.2, 0.25) is 0 Å². The van der Waals surface area contributed by atoms with E-state index in [-0.39, 0.29) is 21.1 Å². The Balaban J connectivity index is 1.39. The van der Waals surface area contributed by atoms with Gasteiger partial charge >= 0.3 is 6.03 Å². The first kappa shape index (κ1) is 22.1. The highest BCUT2D eigenvalue weighted by Gasteiger charge is 2.20. The molecule has 8 nitrogen and oxygen atoms in total. The Kier molecular flexibility index (Phi) is 5.37. The van der Waals surface area contributed by atoms with Gasteiger partial charge in [0.2, 0.25) is 0 Å². The molecule has 0 saturated heterocycles. The number of hydrogen-bond donors (Lipinski definition) is 3. The van der Waals surface area contributed by atoms with E-state index in [1.54, 1.807) is 25.1 Å². The number of hydrogen-bond acceptors (Lipinski definition) is 6. The average molecular weight is 499 g/mol. The summed E-state index contributed by atoms with van der Waals surface area (Å²) < 4.78 is 42.6. The van der Waals surface area contributed by atoms with Crippen LogP contribution in [0.3, 0.4) is 0 Å². The molecule has 174 valence electrons. The van der Waals surface area contributed by atoms with Gasteiger partial charge in [-0.2, -0.15) is 0 Å². The predicted molar refractivity (Wildman–Crippen MR) is 130 cm³/mol. The fourth-order valence-electron chi connectivity index (χ4n) is 4.00. The molecular formula is C23H19FN4O4S2. The first-order valence-electron chi connectivity index (χ1n) is 10.3. The van der Waals surface area contributed by atoms with Gasteiger partial charge in [0.25, 0.3) is 15.6 Å². The van der Waals surface area contributed by atoms with Gasteiger partial charge in [0, 0.05) is 34.4 Å². The van der Waals surface area contributed by atoms with Gasteiger partial charge in [-0.3, -0.25) is 9.36 Å².